The van der Waals surface area contributed by atoms with E-state index in [4.69, 9.17) is 4.74 Å². The van der Waals surface area contributed by atoms with Crippen molar-refractivity contribution in [1.82, 2.24) is 9.80 Å². The maximum atomic E-state index is 13.5. The number of benzene rings is 2. The molecule has 2 atom stereocenters. The molecule has 6 nitrogen and oxygen atoms in total. The maximum absolute atomic E-state index is 13.5. The summed E-state index contributed by atoms with van der Waals surface area (Å²) in [6, 6.07) is 14.7. The van der Waals surface area contributed by atoms with Gasteiger partial charge in [-0.1, -0.05) is 48.5 Å². The van der Waals surface area contributed by atoms with Crippen LogP contribution < -0.4 is 0 Å². The minimum absolute atomic E-state index is 0.107. The van der Waals surface area contributed by atoms with E-state index in [0.29, 0.717) is 0 Å². The molecule has 2 aromatic carbocycles. The summed E-state index contributed by atoms with van der Waals surface area (Å²) in [5.74, 6) is -3.89. The number of amides is 1. The van der Waals surface area contributed by atoms with E-state index in [1.165, 1.54) is 4.90 Å². The zero-order chi connectivity index (χ0) is 23.2. The van der Waals surface area contributed by atoms with Gasteiger partial charge in [-0.25, -0.2) is 18.4 Å². The standard InChI is InChI=1S/C25H26F2N2O4/c26-25(27)9-11-28(12-10-25)16-13-22(23(30)31)29(14-16)24(32)33-15-21-19-7-3-1-5-17(19)18-6-2-4-8-20(18)21/h1-8,16,21-22H,9-15H2,(H,30,31)/t16?,22-/m1/s1. The van der Waals surface area contributed by atoms with Crippen LogP contribution in [-0.2, 0) is 9.53 Å². The first-order valence-corrected chi connectivity index (χ1v) is 11.3. The first-order chi connectivity index (χ1) is 15.8. The van der Waals surface area contributed by atoms with Crippen molar-refractivity contribution in [3.05, 3.63) is 59.7 Å². The molecule has 5 rings (SSSR count). The topological polar surface area (TPSA) is 70.1 Å². The zero-order valence-electron chi connectivity index (χ0n) is 18.1. The molecule has 0 aromatic heterocycles. The van der Waals surface area contributed by atoms with Crippen molar-refractivity contribution in [1.29, 1.82) is 0 Å². The summed E-state index contributed by atoms with van der Waals surface area (Å²) in [5.41, 5.74) is 4.38. The molecule has 8 heteroatoms. The predicted octanol–water partition coefficient (Wildman–Crippen LogP) is 4.19. The lowest BCUT2D eigenvalue weighted by Crippen LogP contribution is -2.46. The quantitative estimate of drug-likeness (QED) is 0.747. The fourth-order valence-corrected chi connectivity index (χ4v) is 5.41. The van der Waals surface area contributed by atoms with Gasteiger partial charge >= 0.3 is 12.1 Å². The Morgan fingerprint density at radius 2 is 1.58 bits per heavy atom. The first-order valence-electron chi connectivity index (χ1n) is 11.3. The average molecular weight is 456 g/mol. The smallest absolute Gasteiger partial charge is 0.410 e. The summed E-state index contributed by atoms with van der Waals surface area (Å²) in [6.45, 7) is 0.667. The first kappa shape index (κ1) is 21.8. The molecule has 2 aliphatic heterocycles. The normalized spacial score (nSPS) is 24.4. The summed E-state index contributed by atoms with van der Waals surface area (Å²) >= 11 is 0. The third kappa shape index (κ3) is 4.08. The van der Waals surface area contributed by atoms with Crippen molar-refractivity contribution in [3.63, 3.8) is 0 Å². The Morgan fingerprint density at radius 3 is 2.15 bits per heavy atom. The van der Waals surface area contributed by atoms with Crippen LogP contribution in [0.3, 0.4) is 0 Å². The molecule has 1 amide bonds. The zero-order valence-corrected chi connectivity index (χ0v) is 18.1. The van der Waals surface area contributed by atoms with Gasteiger partial charge in [-0.3, -0.25) is 9.80 Å². The van der Waals surface area contributed by atoms with E-state index >= 15 is 0 Å². The van der Waals surface area contributed by atoms with Crippen molar-refractivity contribution in [2.45, 2.75) is 43.2 Å². The van der Waals surface area contributed by atoms with Gasteiger partial charge in [-0.05, 0) is 28.7 Å². The number of carbonyl (C=O) groups excluding carboxylic acids is 1. The van der Waals surface area contributed by atoms with Crippen LogP contribution >= 0.6 is 0 Å². The lowest BCUT2D eigenvalue weighted by molar-refractivity contribution is -0.141. The van der Waals surface area contributed by atoms with Gasteiger partial charge in [-0.2, -0.15) is 0 Å². The third-order valence-corrected chi connectivity index (χ3v) is 7.18. The van der Waals surface area contributed by atoms with Gasteiger partial charge in [0.05, 0.1) is 0 Å². The average Bonchev–Trinajstić information content (AvgIpc) is 3.38. The Bertz CT molecular complexity index is 1020. The number of piperidine rings is 1. The molecule has 3 aliphatic rings. The van der Waals surface area contributed by atoms with E-state index in [1.54, 1.807) is 0 Å². The molecule has 0 saturated carbocycles. The van der Waals surface area contributed by atoms with E-state index in [9.17, 15) is 23.5 Å². The molecule has 0 radical (unpaired) electrons. The number of nitrogens with zero attached hydrogens (tertiary/aromatic N) is 2. The number of halogens is 2. The van der Waals surface area contributed by atoms with Gasteiger partial charge in [-0.15, -0.1) is 0 Å². The van der Waals surface area contributed by atoms with Crippen LogP contribution in [0.15, 0.2) is 48.5 Å². The summed E-state index contributed by atoms with van der Waals surface area (Å²) in [5, 5.41) is 9.68. The predicted molar refractivity (Wildman–Crippen MR) is 117 cm³/mol. The number of carbonyl (C=O) groups is 2. The summed E-state index contributed by atoms with van der Waals surface area (Å²) < 4.78 is 32.7. The Balaban J connectivity index is 1.28. The number of likely N-dealkylation sites (tertiary alicyclic amines) is 2. The minimum atomic E-state index is -2.67. The van der Waals surface area contributed by atoms with Gasteiger partial charge in [0, 0.05) is 44.4 Å². The molecular weight excluding hydrogens is 430 g/mol. The molecule has 2 aromatic rings. The highest BCUT2D eigenvalue weighted by Crippen LogP contribution is 2.44. The third-order valence-electron chi connectivity index (χ3n) is 7.18. The number of carboxylic acid groups (broad SMARTS) is 1. The molecule has 1 aliphatic carbocycles. The van der Waals surface area contributed by atoms with Crippen LogP contribution in [0.5, 0.6) is 0 Å². The van der Waals surface area contributed by atoms with Crippen LogP contribution in [-0.4, -0.2) is 71.2 Å². The lowest BCUT2D eigenvalue weighted by atomic mass is 9.98. The van der Waals surface area contributed by atoms with E-state index in [1.807, 2.05) is 53.4 Å². The van der Waals surface area contributed by atoms with Crippen LogP contribution in [0.25, 0.3) is 11.1 Å². The largest absolute Gasteiger partial charge is 0.480 e. The molecule has 2 fully saturated rings. The van der Waals surface area contributed by atoms with Crippen molar-refractivity contribution in [2.75, 3.05) is 26.2 Å². The minimum Gasteiger partial charge on any atom is -0.480 e. The molecule has 0 spiro atoms. The number of ether oxygens (including phenoxy) is 1. The number of carboxylic acids is 1. The molecule has 1 unspecified atom stereocenters. The molecule has 33 heavy (non-hydrogen) atoms. The number of hydrogen-bond acceptors (Lipinski definition) is 4. The Hall–Kier alpha value is -3.00. The Labute approximate surface area is 190 Å². The molecule has 2 saturated heterocycles. The number of hydrogen-bond donors (Lipinski definition) is 1. The Morgan fingerprint density at radius 1 is 1.00 bits per heavy atom. The van der Waals surface area contributed by atoms with Crippen LogP contribution in [0.1, 0.15) is 36.3 Å². The molecule has 1 N–H and O–H groups in total. The SMILES string of the molecule is O=C(O)[C@H]1CC(N2CCC(F)(F)CC2)CN1C(=O)OCC1c2ccccc2-c2ccccc21. The number of alkyl halides is 2. The van der Waals surface area contributed by atoms with Gasteiger partial charge in [0.1, 0.15) is 12.6 Å². The van der Waals surface area contributed by atoms with E-state index in [2.05, 4.69) is 0 Å². The highest BCUT2D eigenvalue weighted by atomic mass is 19.3. The second-order valence-corrected chi connectivity index (χ2v) is 9.09. The fourth-order valence-electron chi connectivity index (χ4n) is 5.41. The molecular formula is C25H26F2N2O4. The van der Waals surface area contributed by atoms with Gasteiger partial charge in [0.2, 0.25) is 0 Å². The molecule has 0 bridgehead atoms. The van der Waals surface area contributed by atoms with Crippen molar-refractivity contribution >= 4 is 12.1 Å². The second kappa shape index (κ2) is 8.41. The van der Waals surface area contributed by atoms with Crippen molar-refractivity contribution in [2.24, 2.45) is 0 Å². The summed E-state index contributed by atoms with van der Waals surface area (Å²) in [4.78, 5) is 27.9. The van der Waals surface area contributed by atoms with Crippen LogP contribution in [0, 0.1) is 0 Å². The van der Waals surface area contributed by atoms with Crippen LogP contribution in [0.2, 0.25) is 0 Å². The van der Waals surface area contributed by atoms with E-state index in [-0.39, 0.29) is 57.5 Å². The number of fused-ring (bicyclic) bond motifs is 3. The van der Waals surface area contributed by atoms with Crippen molar-refractivity contribution < 1.29 is 28.2 Å². The van der Waals surface area contributed by atoms with Crippen molar-refractivity contribution in [3.8, 4) is 11.1 Å². The van der Waals surface area contributed by atoms with Gasteiger partial charge in [0.25, 0.3) is 5.92 Å². The van der Waals surface area contributed by atoms with E-state index in [0.717, 1.165) is 22.3 Å². The van der Waals surface area contributed by atoms with Gasteiger partial charge in [0.15, 0.2) is 0 Å². The Kier molecular flexibility index (Phi) is 5.56. The summed E-state index contributed by atoms with van der Waals surface area (Å²) in [7, 11) is 0. The number of rotatable bonds is 4. The monoisotopic (exact) mass is 456 g/mol. The molecule has 174 valence electrons. The van der Waals surface area contributed by atoms with Crippen LogP contribution in [0.4, 0.5) is 13.6 Å². The van der Waals surface area contributed by atoms with E-state index < -0.39 is 24.0 Å². The lowest BCUT2D eigenvalue weighted by Gasteiger charge is -2.35. The van der Waals surface area contributed by atoms with Gasteiger partial charge < -0.3 is 9.84 Å². The highest BCUT2D eigenvalue weighted by Gasteiger charge is 2.45. The summed E-state index contributed by atoms with van der Waals surface area (Å²) in [6.07, 6.45) is -0.946. The second-order valence-electron chi connectivity index (χ2n) is 9.09. The fraction of sp³-hybridized carbons (Fsp3) is 0.440. The molecule has 2 heterocycles. The highest BCUT2D eigenvalue weighted by molar-refractivity contribution is 5.82. The maximum Gasteiger partial charge on any atom is 0.410 e. The number of aliphatic carboxylic acids is 1.